The van der Waals surface area contributed by atoms with Crippen LogP contribution in [0.3, 0.4) is 0 Å². The minimum absolute atomic E-state index is 0.0750. The van der Waals surface area contributed by atoms with Crippen LogP contribution in [-0.2, 0) is 10.0 Å². The Hall–Kier alpha value is -1.92. The third kappa shape index (κ3) is 4.30. The van der Waals surface area contributed by atoms with Crippen LogP contribution in [0.2, 0.25) is 0 Å². The van der Waals surface area contributed by atoms with Crippen LogP contribution in [-0.4, -0.2) is 21.6 Å². The van der Waals surface area contributed by atoms with Gasteiger partial charge in [-0.25, -0.2) is 17.5 Å². The fraction of sp³-hybridized carbons (Fsp3) is 0.294. The highest BCUT2D eigenvalue weighted by Gasteiger charge is 2.16. The molecule has 0 aliphatic rings. The van der Waals surface area contributed by atoms with Gasteiger partial charge < -0.3 is 4.74 Å². The maximum atomic E-state index is 13.1. The number of hydrogen-bond acceptors (Lipinski definition) is 3. The predicted molar refractivity (Wildman–Crippen MR) is 87.7 cm³/mol. The van der Waals surface area contributed by atoms with Gasteiger partial charge in [0.25, 0.3) is 0 Å². The molecular formula is C17H20FNO3S. The summed E-state index contributed by atoms with van der Waals surface area (Å²) in [6, 6.07) is 9.41. The first-order valence-electron chi connectivity index (χ1n) is 7.26. The van der Waals surface area contributed by atoms with E-state index in [2.05, 4.69) is 4.72 Å². The molecule has 0 radical (unpaired) electrons. The van der Waals surface area contributed by atoms with Gasteiger partial charge >= 0.3 is 0 Å². The maximum absolute atomic E-state index is 13.1. The zero-order valence-corrected chi connectivity index (χ0v) is 14.2. The van der Waals surface area contributed by atoms with Crippen molar-refractivity contribution in [2.24, 2.45) is 0 Å². The van der Waals surface area contributed by atoms with Crippen molar-refractivity contribution < 1.29 is 17.5 Å². The van der Waals surface area contributed by atoms with E-state index in [1.807, 2.05) is 32.0 Å². The van der Waals surface area contributed by atoms with E-state index in [1.54, 1.807) is 6.92 Å². The van der Waals surface area contributed by atoms with E-state index < -0.39 is 15.8 Å². The Labute approximate surface area is 136 Å². The van der Waals surface area contributed by atoms with Gasteiger partial charge in [-0.1, -0.05) is 18.2 Å². The normalized spacial score (nSPS) is 11.5. The molecule has 2 rings (SSSR count). The highest BCUT2D eigenvalue weighted by Crippen LogP contribution is 2.22. The molecule has 6 heteroatoms. The van der Waals surface area contributed by atoms with Gasteiger partial charge in [0, 0.05) is 6.54 Å². The summed E-state index contributed by atoms with van der Waals surface area (Å²) in [4.78, 5) is 0.0750. The zero-order chi connectivity index (χ0) is 17.0. The number of nitrogens with one attached hydrogen (secondary N) is 1. The first kappa shape index (κ1) is 17.4. The number of aryl methyl sites for hydroxylation is 3. The second kappa shape index (κ2) is 7.10. The molecule has 0 aliphatic carbocycles. The molecule has 2 aromatic rings. The smallest absolute Gasteiger partial charge is 0.240 e. The molecule has 4 nitrogen and oxygen atoms in total. The van der Waals surface area contributed by atoms with Gasteiger partial charge in [0.15, 0.2) is 0 Å². The predicted octanol–water partition coefficient (Wildman–Crippen LogP) is 3.11. The van der Waals surface area contributed by atoms with Crippen LogP contribution in [0.15, 0.2) is 41.3 Å². The summed E-state index contributed by atoms with van der Waals surface area (Å²) in [6.45, 7) is 5.78. The molecule has 0 spiro atoms. The number of halogens is 1. The Kier molecular flexibility index (Phi) is 5.38. The Balaban J connectivity index is 1.98. The number of para-hydroxylation sites is 1. The van der Waals surface area contributed by atoms with E-state index in [-0.39, 0.29) is 18.0 Å². The number of hydrogen-bond donors (Lipinski definition) is 1. The molecule has 0 heterocycles. The van der Waals surface area contributed by atoms with Crippen molar-refractivity contribution in [3.8, 4) is 5.75 Å². The van der Waals surface area contributed by atoms with Crippen LogP contribution in [0.25, 0.3) is 0 Å². The molecule has 0 aromatic heterocycles. The zero-order valence-electron chi connectivity index (χ0n) is 13.4. The molecule has 0 atom stereocenters. The second-order valence-electron chi connectivity index (χ2n) is 5.38. The van der Waals surface area contributed by atoms with E-state index >= 15 is 0 Å². The standard InChI is InChI=1S/C17H20FNO3S/c1-12-5-4-6-13(2)17(12)22-10-9-19-23(20,21)16-8-7-15(18)11-14(16)3/h4-8,11,19H,9-10H2,1-3H3. The average Bonchev–Trinajstić information content (AvgIpc) is 2.45. The molecule has 0 saturated carbocycles. The number of rotatable bonds is 6. The maximum Gasteiger partial charge on any atom is 0.240 e. The number of benzene rings is 2. The van der Waals surface area contributed by atoms with Gasteiger partial charge in [-0.3, -0.25) is 0 Å². The van der Waals surface area contributed by atoms with Gasteiger partial charge in [-0.05, 0) is 55.7 Å². The van der Waals surface area contributed by atoms with Gasteiger partial charge in [0.1, 0.15) is 18.2 Å². The molecule has 0 bridgehead atoms. The van der Waals surface area contributed by atoms with Crippen molar-refractivity contribution in [1.29, 1.82) is 0 Å². The van der Waals surface area contributed by atoms with E-state index in [0.29, 0.717) is 5.56 Å². The average molecular weight is 337 g/mol. The fourth-order valence-electron chi connectivity index (χ4n) is 2.35. The Morgan fingerprint density at radius 3 is 2.30 bits per heavy atom. The van der Waals surface area contributed by atoms with Gasteiger partial charge in [0.2, 0.25) is 10.0 Å². The number of ether oxygens (including phenoxy) is 1. The molecule has 23 heavy (non-hydrogen) atoms. The Morgan fingerprint density at radius 1 is 1.04 bits per heavy atom. The minimum Gasteiger partial charge on any atom is -0.492 e. The summed E-state index contributed by atoms with van der Waals surface area (Å²) in [6.07, 6.45) is 0. The van der Waals surface area contributed by atoms with Crippen LogP contribution in [0, 0.1) is 26.6 Å². The molecule has 0 amide bonds. The lowest BCUT2D eigenvalue weighted by molar-refractivity contribution is 0.318. The SMILES string of the molecule is Cc1cc(F)ccc1S(=O)(=O)NCCOc1c(C)cccc1C. The fourth-order valence-corrected chi connectivity index (χ4v) is 3.59. The van der Waals surface area contributed by atoms with Gasteiger partial charge in [0.05, 0.1) is 4.90 Å². The van der Waals surface area contributed by atoms with E-state index in [0.717, 1.165) is 22.9 Å². The summed E-state index contributed by atoms with van der Waals surface area (Å²) in [5.41, 5.74) is 2.37. The van der Waals surface area contributed by atoms with Crippen molar-refractivity contribution in [3.05, 3.63) is 58.9 Å². The first-order chi connectivity index (χ1) is 10.8. The highest BCUT2D eigenvalue weighted by atomic mass is 32.2. The molecule has 0 saturated heterocycles. The third-order valence-corrected chi connectivity index (χ3v) is 5.10. The Bertz CT molecular complexity index is 783. The Morgan fingerprint density at radius 2 is 1.70 bits per heavy atom. The second-order valence-corrected chi connectivity index (χ2v) is 7.11. The molecule has 0 fully saturated rings. The van der Waals surface area contributed by atoms with E-state index in [4.69, 9.17) is 4.74 Å². The molecule has 0 unspecified atom stereocenters. The lowest BCUT2D eigenvalue weighted by Gasteiger charge is -2.13. The van der Waals surface area contributed by atoms with Gasteiger partial charge in [-0.2, -0.15) is 0 Å². The topological polar surface area (TPSA) is 55.4 Å². The van der Waals surface area contributed by atoms with Crippen LogP contribution >= 0.6 is 0 Å². The summed E-state index contributed by atoms with van der Waals surface area (Å²) in [7, 11) is -3.68. The van der Waals surface area contributed by atoms with Crippen molar-refractivity contribution in [3.63, 3.8) is 0 Å². The third-order valence-electron chi connectivity index (χ3n) is 3.48. The van der Waals surface area contributed by atoms with Crippen molar-refractivity contribution in [2.45, 2.75) is 25.7 Å². The van der Waals surface area contributed by atoms with Gasteiger partial charge in [-0.15, -0.1) is 0 Å². The van der Waals surface area contributed by atoms with E-state index in [9.17, 15) is 12.8 Å². The van der Waals surface area contributed by atoms with Crippen LogP contribution in [0.4, 0.5) is 4.39 Å². The highest BCUT2D eigenvalue weighted by molar-refractivity contribution is 7.89. The van der Waals surface area contributed by atoms with Crippen molar-refractivity contribution in [2.75, 3.05) is 13.2 Å². The van der Waals surface area contributed by atoms with Crippen LogP contribution < -0.4 is 9.46 Å². The summed E-state index contributed by atoms with van der Waals surface area (Å²) < 4.78 is 45.6. The van der Waals surface area contributed by atoms with Crippen LogP contribution in [0.1, 0.15) is 16.7 Å². The van der Waals surface area contributed by atoms with Crippen LogP contribution in [0.5, 0.6) is 5.75 Å². The lowest BCUT2D eigenvalue weighted by Crippen LogP contribution is -2.29. The number of sulfonamides is 1. The quantitative estimate of drug-likeness (QED) is 0.824. The molecular weight excluding hydrogens is 317 g/mol. The molecule has 124 valence electrons. The largest absolute Gasteiger partial charge is 0.492 e. The van der Waals surface area contributed by atoms with Crippen molar-refractivity contribution >= 4 is 10.0 Å². The lowest BCUT2D eigenvalue weighted by atomic mass is 10.1. The molecule has 0 aliphatic heterocycles. The summed E-state index contributed by atoms with van der Waals surface area (Å²) >= 11 is 0. The molecule has 2 aromatic carbocycles. The summed E-state index contributed by atoms with van der Waals surface area (Å²) in [5, 5.41) is 0. The van der Waals surface area contributed by atoms with Crippen molar-refractivity contribution in [1.82, 2.24) is 4.72 Å². The summed E-state index contributed by atoms with van der Waals surface area (Å²) in [5.74, 6) is 0.310. The first-order valence-corrected chi connectivity index (χ1v) is 8.74. The molecule has 1 N–H and O–H groups in total. The monoisotopic (exact) mass is 337 g/mol. The van der Waals surface area contributed by atoms with E-state index in [1.165, 1.54) is 12.1 Å². The minimum atomic E-state index is -3.68.